The van der Waals surface area contributed by atoms with E-state index in [1.54, 1.807) is 24.7 Å². The van der Waals surface area contributed by atoms with Crippen LogP contribution < -0.4 is 0 Å². The van der Waals surface area contributed by atoms with Crippen LogP contribution in [-0.2, 0) is 0 Å². The number of H-pyrrole nitrogens is 1. The lowest BCUT2D eigenvalue weighted by Gasteiger charge is -1.94. The fourth-order valence-electron chi connectivity index (χ4n) is 1.07. The largest absolute Gasteiger partial charge is 0.285 e. The Morgan fingerprint density at radius 1 is 1.23 bits per heavy atom. The van der Waals surface area contributed by atoms with Gasteiger partial charge in [-0.05, 0) is 6.07 Å². The van der Waals surface area contributed by atoms with Crippen molar-refractivity contribution < 1.29 is 0 Å². The van der Waals surface area contributed by atoms with Crippen LogP contribution in [0, 0.1) is 11.3 Å². The highest BCUT2D eigenvalue weighted by atomic mass is 15.1. The number of rotatable bonds is 1. The first-order valence-corrected chi connectivity index (χ1v) is 3.74. The van der Waals surface area contributed by atoms with Crippen molar-refractivity contribution in [2.75, 3.05) is 0 Å². The Bertz CT molecular complexity index is 439. The smallest absolute Gasteiger partial charge is 0.101 e. The minimum Gasteiger partial charge on any atom is -0.285 e. The van der Waals surface area contributed by atoms with Crippen LogP contribution in [0.25, 0.3) is 11.1 Å². The third-order valence-corrected chi connectivity index (χ3v) is 1.70. The molecule has 0 aliphatic heterocycles. The predicted molar refractivity (Wildman–Crippen MR) is 46.5 cm³/mol. The van der Waals surface area contributed by atoms with Crippen molar-refractivity contribution in [3.8, 4) is 17.2 Å². The number of nitrogens with zero attached hydrogens (tertiary/aromatic N) is 3. The zero-order valence-electron chi connectivity index (χ0n) is 6.73. The van der Waals surface area contributed by atoms with E-state index in [2.05, 4.69) is 15.2 Å². The molecule has 0 atom stereocenters. The standard InChI is InChI=1S/C9H6N4/c10-2-7-1-8(4-11-3-7)9-5-12-13-6-9/h1,3-6H,(H,12,13). The number of nitriles is 1. The van der Waals surface area contributed by atoms with Crippen molar-refractivity contribution in [3.63, 3.8) is 0 Å². The van der Waals surface area contributed by atoms with Crippen LogP contribution in [0.1, 0.15) is 5.56 Å². The van der Waals surface area contributed by atoms with Crippen LogP contribution in [0.15, 0.2) is 30.9 Å². The van der Waals surface area contributed by atoms with Crippen LogP contribution in [0.3, 0.4) is 0 Å². The molecule has 2 aromatic rings. The second-order valence-electron chi connectivity index (χ2n) is 2.56. The van der Waals surface area contributed by atoms with Crippen LogP contribution >= 0.6 is 0 Å². The number of hydrogen-bond donors (Lipinski definition) is 1. The molecule has 0 bridgehead atoms. The third-order valence-electron chi connectivity index (χ3n) is 1.70. The van der Waals surface area contributed by atoms with E-state index in [1.807, 2.05) is 6.07 Å². The quantitative estimate of drug-likeness (QED) is 0.702. The normalized spacial score (nSPS) is 9.46. The molecule has 0 saturated heterocycles. The minimum absolute atomic E-state index is 0.554. The first-order chi connectivity index (χ1) is 6.40. The Morgan fingerprint density at radius 3 is 2.85 bits per heavy atom. The van der Waals surface area contributed by atoms with E-state index in [1.165, 1.54) is 6.20 Å². The molecule has 0 radical (unpaired) electrons. The van der Waals surface area contributed by atoms with E-state index in [4.69, 9.17) is 5.26 Å². The maximum absolute atomic E-state index is 8.65. The summed E-state index contributed by atoms with van der Waals surface area (Å²) in [4.78, 5) is 3.95. The van der Waals surface area contributed by atoms with Gasteiger partial charge < -0.3 is 0 Å². The predicted octanol–water partition coefficient (Wildman–Crippen LogP) is 1.34. The number of aromatic amines is 1. The molecule has 2 aromatic heterocycles. The summed E-state index contributed by atoms with van der Waals surface area (Å²) in [5, 5.41) is 15.2. The fraction of sp³-hybridized carbons (Fsp3) is 0. The van der Waals surface area contributed by atoms with Gasteiger partial charge in [-0.2, -0.15) is 10.4 Å². The highest BCUT2D eigenvalue weighted by molar-refractivity contribution is 5.61. The Hall–Kier alpha value is -2.15. The SMILES string of the molecule is N#Cc1cncc(-c2cn[nH]c2)c1. The topological polar surface area (TPSA) is 65.4 Å². The average molecular weight is 170 g/mol. The van der Waals surface area contributed by atoms with Gasteiger partial charge in [0.05, 0.1) is 11.8 Å². The summed E-state index contributed by atoms with van der Waals surface area (Å²) < 4.78 is 0. The lowest BCUT2D eigenvalue weighted by atomic mass is 10.1. The van der Waals surface area contributed by atoms with Crippen LogP contribution in [-0.4, -0.2) is 15.2 Å². The molecule has 2 rings (SSSR count). The highest BCUT2D eigenvalue weighted by Crippen LogP contribution is 2.16. The molecule has 0 amide bonds. The number of hydrogen-bond acceptors (Lipinski definition) is 3. The van der Waals surface area contributed by atoms with Gasteiger partial charge in [-0.15, -0.1) is 0 Å². The van der Waals surface area contributed by atoms with Gasteiger partial charge in [0.15, 0.2) is 0 Å². The average Bonchev–Trinajstić information content (AvgIpc) is 2.71. The first-order valence-electron chi connectivity index (χ1n) is 3.74. The fourth-order valence-corrected chi connectivity index (χ4v) is 1.07. The summed E-state index contributed by atoms with van der Waals surface area (Å²) in [6.07, 6.45) is 6.69. The van der Waals surface area contributed by atoms with E-state index in [-0.39, 0.29) is 0 Å². The highest BCUT2D eigenvalue weighted by Gasteiger charge is 1.99. The third kappa shape index (κ3) is 1.40. The minimum atomic E-state index is 0.554. The summed E-state index contributed by atoms with van der Waals surface area (Å²) in [5.41, 5.74) is 2.39. The van der Waals surface area contributed by atoms with Crippen LogP contribution in [0.4, 0.5) is 0 Å². The molecular formula is C9H6N4. The monoisotopic (exact) mass is 170 g/mol. The van der Waals surface area contributed by atoms with Gasteiger partial charge in [-0.1, -0.05) is 0 Å². The van der Waals surface area contributed by atoms with Crippen molar-refractivity contribution in [1.82, 2.24) is 15.2 Å². The summed E-state index contributed by atoms with van der Waals surface area (Å²) >= 11 is 0. The molecule has 4 nitrogen and oxygen atoms in total. The summed E-state index contributed by atoms with van der Waals surface area (Å²) in [6, 6.07) is 3.81. The maximum Gasteiger partial charge on any atom is 0.101 e. The Balaban J connectivity index is 2.49. The molecule has 0 aromatic carbocycles. The van der Waals surface area contributed by atoms with E-state index in [9.17, 15) is 0 Å². The molecular weight excluding hydrogens is 164 g/mol. The van der Waals surface area contributed by atoms with E-state index >= 15 is 0 Å². The zero-order valence-corrected chi connectivity index (χ0v) is 6.73. The Morgan fingerprint density at radius 2 is 2.15 bits per heavy atom. The zero-order chi connectivity index (χ0) is 9.10. The molecule has 4 heteroatoms. The van der Waals surface area contributed by atoms with E-state index in [0.29, 0.717) is 5.56 Å². The summed E-state index contributed by atoms with van der Waals surface area (Å²) in [5.74, 6) is 0. The maximum atomic E-state index is 8.65. The number of nitrogens with one attached hydrogen (secondary N) is 1. The Kier molecular flexibility index (Phi) is 1.77. The van der Waals surface area contributed by atoms with Gasteiger partial charge in [-0.25, -0.2) is 0 Å². The van der Waals surface area contributed by atoms with Crippen molar-refractivity contribution in [2.24, 2.45) is 0 Å². The van der Waals surface area contributed by atoms with E-state index in [0.717, 1.165) is 11.1 Å². The van der Waals surface area contributed by atoms with Crippen LogP contribution in [0.5, 0.6) is 0 Å². The van der Waals surface area contributed by atoms with E-state index < -0.39 is 0 Å². The van der Waals surface area contributed by atoms with Gasteiger partial charge in [-0.3, -0.25) is 10.1 Å². The van der Waals surface area contributed by atoms with Crippen molar-refractivity contribution in [2.45, 2.75) is 0 Å². The molecule has 2 heterocycles. The molecule has 0 saturated carbocycles. The van der Waals surface area contributed by atoms with Crippen LogP contribution in [0.2, 0.25) is 0 Å². The van der Waals surface area contributed by atoms with Gasteiger partial charge in [0.2, 0.25) is 0 Å². The van der Waals surface area contributed by atoms with Gasteiger partial charge >= 0.3 is 0 Å². The lowest BCUT2D eigenvalue weighted by Crippen LogP contribution is -1.80. The summed E-state index contributed by atoms with van der Waals surface area (Å²) in [7, 11) is 0. The molecule has 0 aliphatic rings. The number of pyridine rings is 1. The molecule has 0 unspecified atom stereocenters. The first kappa shape index (κ1) is 7.50. The molecule has 0 spiro atoms. The van der Waals surface area contributed by atoms with Crippen molar-refractivity contribution in [1.29, 1.82) is 5.26 Å². The Labute approximate surface area is 74.9 Å². The van der Waals surface area contributed by atoms with Gasteiger partial charge in [0, 0.05) is 29.7 Å². The lowest BCUT2D eigenvalue weighted by molar-refractivity contribution is 1.09. The molecule has 13 heavy (non-hydrogen) atoms. The van der Waals surface area contributed by atoms with Crippen molar-refractivity contribution >= 4 is 0 Å². The second kappa shape index (κ2) is 3.07. The molecule has 62 valence electrons. The molecule has 0 fully saturated rings. The number of aromatic nitrogens is 3. The molecule has 1 N–H and O–H groups in total. The summed E-state index contributed by atoms with van der Waals surface area (Å²) in [6.45, 7) is 0. The van der Waals surface area contributed by atoms with Gasteiger partial charge in [0.25, 0.3) is 0 Å². The second-order valence-corrected chi connectivity index (χ2v) is 2.56. The van der Waals surface area contributed by atoms with Crippen molar-refractivity contribution in [3.05, 3.63) is 36.4 Å². The van der Waals surface area contributed by atoms with Gasteiger partial charge in [0.1, 0.15) is 6.07 Å². The molecule has 0 aliphatic carbocycles.